The summed E-state index contributed by atoms with van der Waals surface area (Å²) < 4.78 is 15.7. The van der Waals surface area contributed by atoms with Crippen molar-refractivity contribution in [2.75, 3.05) is 35.3 Å². The van der Waals surface area contributed by atoms with E-state index in [1.54, 1.807) is 23.6 Å². The SMILES string of the molecule is CC1C(CO)CC(Nc2nc(N)ncc2-c2nc3cc(CC4C(CO)CCC4(C)Nc4nc(N)nc(Cl)c4-c4nc5ccc(F)cc5s4)ccc3s2)C1C. The third-order valence-corrected chi connectivity index (χ3v) is 14.2. The lowest BCUT2D eigenvalue weighted by Gasteiger charge is -2.36. The minimum Gasteiger partial charge on any atom is -0.396 e. The maximum absolute atomic E-state index is 14.0. The minimum absolute atomic E-state index is 0.00479. The molecule has 8 rings (SSSR count). The summed E-state index contributed by atoms with van der Waals surface area (Å²) in [7, 11) is 0. The van der Waals surface area contributed by atoms with Crippen LogP contribution in [0.2, 0.25) is 5.15 Å². The predicted octanol–water partition coefficient (Wildman–Crippen LogP) is 7.27. The predicted molar refractivity (Wildman–Crippen MR) is 215 cm³/mol. The molecule has 2 aromatic carbocycles. The highest BCUT2D eigenvalue weighted by atomic mass is 35.5. The van der Waals surface area contributed by atoms with Crippen molar-refractivity contribution in [3.05, 3.63) is 59.1 Å². The lowest BCUT2D eigenvalue weighted by Crippen LogP contribution is -2.42. The van der Waals surface area contributed by atoms with Gasteiger partial charge >= 0.3 is 0 Å². The van der Waals surface area contributed by atoms with Crippen LogP contribution in [0.15, 0.2) is 42.6 Å². The number of anilines is 4. The van der Waals surface area contributed by atoms with Crippen LogP contribution in [0.3, 0.4) is 0 Å². The fraction of sp³-hybridized carbons (Fsp3) is 0.421. The number of nitrogen functional groups attached to an aromatic ring is 2. The fourth-order valence-electron chi connectivity index (χ4n) is 8.45. The standard InChI is InChI=1S/C38H42ClFN10O2S2/c1-17-18(2)26(12-21(17)16-52)44-32-23(14-43-36(41)48-32)34-46-27-11-19(4-7-28(27)53-34)10-24-20(15-51)8-9-38(24,3)50-33-30(31(39)47-37(42)49-33)35-45-25-6-5-22(40)13-29(25)54-35/h4-7,11,13-14,17-18,20-21,24,26,51-52H,8-10,12,15-16H2,1-3H3,(H3,41,43,44,48)(H3,42,47,49,50). The molecule has 2 aliphatic rings. The van der Waals surface area contributed by atoms with Gasteiger partial charge < -0.3 is 32.3 Å². The van der Waals surface area contributed by atoms with Gasteiger partial charge in [-0.25, -0.2) is 24.3 Å². The Hall–Kier alpha value is -4.28. The first-order chi connectivity index (χ1) is 25.9. The molecule has 16 heteroatoms. The van der Waals surface area contributed by atoms with Gasteiger partial charge in [0.05, 0.1) is 31.6 Å². The Morgan fingerprint density at radius 2 is 1.65 bits per heavy atom. The Kier molecular flexibility index (Phi) is 9.79. The number of rotatable bonds is 10. The molecule has 54 heavy (non-hydrogen) atoms. The van der Waals surface area contributed by atoms with Gasteiger partial charge in [0, 0.05) is 31.0 Å². The van der Waals surface area contributed by atoms with Gasteiger partial charge in [-0.05, 0) is 98.1 Å². The van der Waals surface area contributed by atoms with Crippen molar-refractivity contribution in [1.82, 2.24) is 29.9 Å². The van der Waals surface area contributed by atoms with Crippen molar-refractivity contribution in [2.24, 2.45) is 29.6 Å². The summed E-state index contributed by atoms with van der Waals surface area (Å²) in [4.78, 5) is 27.5. The van der Waals surface area contributed by atoms with E-state index >= 15 is 0 Å². The van der Waals surface area contributed by atoms with E-state index < -0.39 is 5.54 Å². The Bertz CT molecular complexity index is 2360. The van der Waals surface area contributed by atoms with Crippen LogP contribution in [0, 0.1) is 35.4 Å². The second kappa shape index (κ2) is 14.4. The molecular weight excluding hydrogens is 747 g/mol. The number of hydrogen-bond donors (Lipinski definition) is 6. The van der Waals surface area contributed by atoms with Gasteiger partial charge in [-0.15, -0.1) is 22.7 Å². The first-order valence-electron chi connectivity index (χ1n) is 18.1. The molecule has 2 aliphatic carbocycles. The number of nitrogens with two attached hydrogens (primary N) is 2. The van der Waals surface area contributed by atoms with Crippen molar-refractivity contribution < 1.29 is 14.6 Å². The molecule has 2 fully saturated rings. The van der Waals surface area contributed by atoms with Crippen molar-refractivity contribution in [3.63, 3.8) is 0 Å². The normalized spacial score (nSPS) is 25.5. The number of halogens is 2. The molecule has 0 radical (unpaired) electrons. The van der Waals surface area contributed by atoms with Gasteiger partial charge in [0.1, 0.15) is 32.6 Å². The van der Waals surface area contributed by atoms with E-state index in [0.29, 0.717) is 50.7 Å². The van der Waals surface area contributed by atoms with Crippen molar-refractivity contribution in [1.29, 1.82) is 0 Å². The Labute approximate surface area is 324 Å². The van der Waals surface area contributed by atoms with E-state index in [2.05, 4.69) is 69.5 Å². The molecule has 7 unspecified atom stereocenters. The Morgan fingerprint density at radius 3 is 2.43 bits per heavy atom. The van der Waals surface area contributed by atoms with E-state index in [9.17, 15) is 14.6 Å². The van der Waals surface area contributed by atoms with E-state index in [1.807, 2.05) is 0 Å². The van der Waals surface area contributed by atoms with Crippen LogP contribution in [-0.4, -0.2) is 64.9 Å². The molecule has 2 saturated carbocycles. The molecule has 0 bridgehead atoms. The zero-order valence-corrected chi connectivity index (χ0v) is 32.4. The average molecular weight is 789 g/mol. The molecule has 0 amide bonds. The third kappa shape index (κ3) is 6.80. The van der Waals surface area contributed by atoms with E-state index in [4.69, 9.17) is 33.0 Å². The average Bonchev–Trinajstić information content (AvgIpc) is 3.89. The zero-order valence-electron chi connectivity index (χ0n) is 30.1. The monoisotopic (exact) mass is 788 g/mol. The zero-order chi connectivity index (χ0) is 37.9. The van der Waals surface area contributed by atoms with E-state index in [1.165, 1.54) is 23.5 Å². The number of thiazole rings is 2. The molecule has 6 aromatic rings. The largest absolute Gasteiger partial charge is 0.396 e. The lowest BCUT2D eigenvalue weighted by molar-refractivity contribution is 0.177. The van der Waals surface area contributed by atoms with Crippen LogP contribution >= 0.6 is 34.3 Å². The van der Waals surface area contributed by atoms with Crippen molar-refractivity contribution in [3.8, 4) is 21.1 Å². The molecule has 4 aromatic heterocycles. The number of aromatic nitrogens is 6. The number of aliphatic hydroxyl groups excluding tert-OH is 2. The molecule has 7 atom stereocenters. The number of aliphatic hydroxyl groups is 2. The molecule has 0 aliphatic heterocycles. The van der Waals surface area contributed by atoms with Gasteiger partial charge in [0.2, 0.25) is 11.9 Å². The third-order valence-electron chi connectivity index (χ3n) is 11.8. The molecule has 4 heterocycles. The smallest absolute Gasteiger partial charge is 0.223 e. The van der Waals surface area contributed by atoms with Crippen molar-refractivity contribution >= 4 is 78.2 Å². The lowest BCUT2D eigenvalue weighted by atomic mass is 9.80. The first-order valence-corrected chi connectivity index (χ1v) is 20.1. The van der Waals surface area contributed by atoms with Crippen LogP contribution < -0.4 is 22.1 Å². The van der Waals surface area contributed by atoms with Crippen LogP contribution in [0.5, 0.6) is 0 Å². The quantitative estimate of drug-likeness (QED) is 0.0762. The van der Waals surface area contributed by atoms with Gasteiger partial charge in [0.15, 0.2) is 0 Å². The maximum Gasteiger partial charge on any atom is 0.223 e. The first kappa shape index (κ1) is 36.7. The molecule has 282 valence electrons. The summed E-state index contributed by atoms with van der Waals surface area (Å²) in [5, 5.41) is 29.3. The summed E-state index contributed by atoms with van der Waals surface area (Å²) in [6, 6.07) is 10.9. The summed E-state index contributed by atoms with van der Waals surface area (Å²) in [6.45, 7) is 6.74. The second-order valence-corrected chi connectivity index (χ2v) is 17.4. The molecule has 8 N–H and O–H groups in total. The number of fused-ring (bicyclic) bond motifs is 2. The number of nitrogens with one attached hydrogen (secondary N) is 2. The van der Waals surface area contributed by atoms with E-state index in [0.717, 1.165) is 45.6 Å². The fourth-order valence-corrected chi connectivity index (χ4v) is 10.8. The second-order valence-electron chi connectivity index (χ2n) is 15.0. The van der Waals surface area contributed by atoms with Crippen LogP contribution in [0.25, 0.3) is 41.6 Å². The highest BCUT2D eigenvalue weighted by molar-refractivity contribution is 7.22. The summed E-state index contributed by atoms with van der Waals surface area (Å²) in [6.07, 6.45) is 4.81. The number of hydrogen-bond acceptors (Lipinski definition) is 14. The molecule has 0 saturated heterocycles. The van der Waals surface area contributed by atoms with Crippen LogP contribution in [0.1, 0.15) is 45.6 Å². The Balaban J connectivity index is 1.08. The van der Waals surface area contributed by atoms with Crippen molar-refractivity contribution in [2.45, 2.75) is 58.0 Å². The molecular formula is C38H42ClFN10O2S2. The highest BCUT2D eigenvalue weighted by Crippen LogP contribution is 2.47. The highest BCUT2D eigenvalue weighted by Gasteiger charge is 2.46. The van der Waals surface area contributed by atoms with Gasteiger partial charge in [-0.2, -0.15) is 9.97 Å². The molecule has 0 spiro atoms. The Morgan fingerprint density at radius 1 is 0.889 bits per heavy atom. The van der Waals surface area contributed by atoms with Crippen LogP contribution in [0.4, 0.5) is 27.9 Å². The number of nitrogens with zero attached hydrogens (tertiary/aromatic N) is 6. The topological polar surface area (TPSA) is 194 Å². The van der Waals surface area contributed by atoms with Gasteiger partial charge in [0.25, 0.3) is 0 Å². The summed E-state index contributed by atoms with van der Waals surface area (Å²) >= 11 is 9.59. The van der Waals surface area contributed by atoms with Gasteiger partial charge in [-0.3, -0.25) is 0 Å². The minimum atomic E-state index is -0.511. The maximum atomic E-state index is 14.0. The molecule has 12 nitrogen and oxygen atoms in total. The number of benzene rings is 2. The van der Waals surface area contributed by atoms with Gasteiger partial charge in [-0.1, -0.05) is 31.5 Å². The summed E-state index contributed by atoms with van der Waals surface area (Å²) in [5.74, 6) is 1.93. The van der Waals surface area contributed by atoms with E-state index in [-0.39, 0.29) is 59.9 Å². The van der Waals surface area contributed by atoms with Crippen LogP contribution in [-0.2, 0) is 6.42 Å². The summed E-state index contributed by atoms with van der Waals surface area (Å²) in [5.41, 5.74) is 15.5.